The van der Waals surface area contributed by atoms with Gasteiger partial charge in [0.1, 0.15) is 26.3 Å². The van der Waals surface area contributed by atoms with Crippen molar-refractivity contribution >= 4 is 54.3 Å². The van der Waals surface area contributed by atoms with Crippen molar-refractivity contribution in [1.82, 2.24) is 0 Å². The fraction of sp³-hybridized carbons (Fsp3) is 0.642. The molecule has 0 amide bonds. The van der Waals surface area contributed by atoms with Crippen LogP contribution in [0.1, 0.15) is 251 Å². The number of benzene rings is 4. The van der Waals surface area contributed by atoms with E-state index in [1.165, 1.54) is 198 Å². The highest BCUT2D eigenvalue weighted by Gasteiger charge is 2.50. The number of hydrogen-bond donors (Lipinski definition) is 2. The summed E-state index contributed by atoms with van der Waals surface area (Å²) >= 11 is 0. The SMILES string of the molecule is CCCCCCCCCCCCCCCCCC(OP(=O)(O)OCC[N+](C)(C)C)[N+]1=C(/C=C/C=C/C=C/C=C2/N(CCCCCCCCCCCCCCCCCCOP(=O)(O)OCC[N+](C)(C)C)c3ccc4ccccc4c3C2(C)C)C(C)(C)c2c1ccc1ccccc21. The van der Waals surface area contributed by atoms with Crippen molar-refractivity contribution in [2.45, 2.75) is 257 Å². The molecular weight excluding hydrogens is 1220 g/mol. The van der Waals surface area contributed by atoms with Crippen molar-refractivity contribution in [3.63, 3.8) is 0 Å². The van der Waals surface area contributed by atoms with Gasteiger partial charge in [-0.1, -0.05) is 286 Å². The first-order valence-electron chi connectivity index (χ1n) is 37.6. The van der Waals surface area contributed by atoms with Gasteiger partial charge in [0.15, 0.2) is 5.71 Å². The Balaban J connectivity index is 1.04. The van der Waals surface area contributed by atoms with Gasteiger partial charge in [-0.05, 0) is 78.4 Å². The van der Waals surface area contributed by atoms with E-state index in [2.05, 4.69) is 181 Å². The predicted molar refractivity (Wildman–Crippen MR) is 403 cm³/mol. The van der Waals surface area contributed by atoms with Crippen molar-refractivity contribution in [1.29, 1.82) is 0 Å². The lowest BCUT2D eigenvalue weighted by Gasteiger charge is -2.27. The Kier molecular flexibility index (Phi) is 34.4. The van der Waals surface area contributed by atoms with Crippen LogP contribution in [0.4, 0.5) is 11.4 Å². The molecule has 0 aromatic heterocycles. The minimum Gasteiger partial charge on any atom is -0.344 e. The van der Waals surface area contributed by atoms with Gasteiger partial charge in [0.05, 0.1) is 54.3 Å². The van der Waals surface area contributed by atoms with Gasteiger partial charge in [0.25, 0.3) is 6.23 Å². The average molecular weight is 1350 g/mol. The van der Waals surface area contributed by atoms with Crippen molar-refractivity contribution in [2.75, 3.05) is 86.6 Å². The molecule has 6 rings (SSSR count). The zero-order chi connectivity index (χ0) is 68.6. The highest BCUT2D eigenvalue weighted by Crippen LogP contribution is 2.52. The Morgan fingerprint density at radius 1 is 0.474 bits per heavy atom. The number of nitrogens with zero attached hydrogens (tertiary/aromatic N) is 4. The Hall–Kier alpha value is -4.03. The zero-order valence-electron chi connectivity index (χ0n) is 61.4. The summed E-state index contributed by atoms with van der Waals surface area (Å²) in [6.45, 7) is 14.4. The predicted octanol–water partition coefficient (Wildman–Crippen LogP) is 22.2. The third kappa shape index (κ3) is 27.6. The molecule has 530 valence electrons. The van der Waals surface area contributed by atoms with Gasteiger partial charge in [-0.15, -0.1) is 0 Å². The van der Waals surface area contributed by atoms with Crippen LogP contribution in [0, 0.1) is 0 Å². The van der Waals surface area contributed by atoms with Crippen LogP contribution in [0.5, 0.6) is 0 Å². The van der Waals surface area contributed by atoms with E-state index >= 15 is 0 Å². The van der Waals surface area contributed by atoms with E-state index in [-0.39, 0.29) is 25.2 Å². The van der Waals surface area contributed by atoms with Crippen LogP contribution in [0.15, 0.2) is 121 Å². The van der Waals surface area contributed by atoms with Crippen LogP contribution in [-0.2, 0) is 38.1 Å². The number of unbranched alkanes of at least 4 members (excludes halogenated alkanes) is 29. The van der Waals surface area contributed by atoms with Crippen molar-refractivity contribution in [3.8, 4) is 0 Å². The highest BCUT2D eigenvalue weighted by molar-refractivity contribution is 7.47. The zero-order valence-corrected chi connectivity index (χ0v) is 63.2. The second-order valence-corrected chi connectivity index (χ2v) is 33.5. The van der Waals surface area contributed by atoms with Gasteiger partial charge in [0.2, 0.25) is 5.69 Å². The third-order valence-electron chi connectivity index (χ3n) is 19.6. The lowest BCUT2D eigenvalue weighted by Crippen LogP contribution is -2.37. The summed E-state index contributed by atoms with van der Waals surface area (Å²) < 4.78 is 52.1. The molecule has 2 aliphatic rings. The average Bonchev–Trinajstić information content (AvgIpc) is 1.58. The van der Waals surface area contributed by atoms with E-state index in [0.29, 0.717) is 28.5 Å². The molecule has 2 aliphatic heterocycles. The first kappa shape index (κ1) is 80.0. The summed E-state index contributed by atoms with van der Waals surface area (Å²) in [5, 5.41) is 4.95. The molecule has 3 atom stereocenters. The Morgan fingerprint density at radius 3 is 1.41 bits per heavy atom. The summed E-state index contributed by atoms with van der Waals surface area (Å²) in [5.74, 6) is 0. The minimum atomic E-state index is -4.46. The van der Waals surface area contributed by atoms with Crippen molar-refractivity contribution in [3.05, 3.63) is 132 Å². The fourth-order valence-electron chi connectivity index (χ4n) is 14.1. The lowest BCUT2D eigenvalue weighted by molar-refractivity contribution is -0.870. The standard InChI is InChI=1S/C81H129N4O8P2/c1-12-13-14-15-16-17-18-19-22-25-28-31-34-40-45-58-77(93-95(88,89)92-68-65-85(9,10)11)83-74-62-60-70-53-47-49-55-72(70)79(74)81(4,5)76(83)57-44-39-37-38-43-56-75-80(2,3)78-71-54-48-46-52-69(71)59-61-73(78)82(75)63-50-41-35-32-29-26-23-20-21-24-27-30-33-36-42-51-66-90-94(86,87)91-67-64-84(6,7)8/h37-39,43-44,46-49,52-57,59-62,77H,12-36,40-42,45,50-51,58,63-68H2,1-11H3/q+1/p+2. The van der Waals surface area contributed by atoms with E-state index in [9.17, 15) is 18.9 Å². The molecular formula is C81H131N4O8P2+3. The Labute approximate surface area is 577 Å². The molecule has 0 spiro atoms. The summed E-state index contributed by atoms with van der Waals surface area (Å²) in [4.78, 5) is 24.0. The highest BCUT2D eigenvalue weighted by atomic mass is 31.2. The summed E-state index contributed by atoms with van der Waals surface area (Å²) in [6.07, 6.45) is 53.7. The van der Waals surface area contributed by atoms with E-state index in [4.69, 9.17) is 18.1 Å². The molecule has 2 heterocycles. The smallest absolute Gasteiger partial charge is 0.344 e. The molecule has 3 unspecified atom stereocenters. The van der Waals surface area contributed by atoms with Crippen LogP contribution < -0.4 is 4.90 Å². The van der Waals surface area contributed by atoms with E-state index in [1.54, 1.807) is 0 Å². The van der Waals surface area contributed by atoms with Crippen LogP contribution in [0.3, 0.4) is 0 Å². The molecule has 4 aromatic rings. The minimum absolute atomic E-state index is 0.115. The monoisotopic (exact) mass is 1350 g/mol. The van der Waals surface area contributed by atoms with Crippen LogP contribution in [0.25, 0.3) is 21.5 Å². The number of allylic oxidation sites excluding steroid dienone is 8. The maximum absolute atomic E-state index is 14.1. The number of fused-ring (bicyclic) bond motifs is 6. The molecule has 14 heteroatoms. The van der Waals surface area contributed by atoms with Gasteiger partial charge < -0.3 is 23.7 Å². The topological polar surface area (TPSA) is 118 Å². The second kappa shape index (κ2) is 40.9. The molecule has 12 nitrogen and oxygen atoms in total. The maximum atomic E-state index is 14.1. The number of hydrogen-bond acceptors (Lipinski definition) is 7. The Morgan fingerprint density at radius 2 is 0.895 bits per heavy atom. The third-order valence-corrected chi connectivity index (χ3v) is 21.6. The summed E-state index contributed by atoms with van der Waals surface area (Å²) in [6, 6.07) is 26.4. The van der Waals surface area contributed by atoms with Crippen LogP contribution >= 0.6 is 15.6 Å². The Bertz CT molecular complexity index is 3170. The van der Waals surface area contributed by atoms with Gasteiger partial charge in [-0.2, -0.15) is 4.58 Å². The van der Waals surface area contributed by atoms with E-state index in [0.717, 1.165) is 62.9 Å². The summed E-state index contributed by atoms with van der Waals surface area (Å²) in [7, 11) is 3.80. The number of anilines is 1. The van der Waals surface area contributed by atoms with E-state index in [1.807, 2.05) is 21.1 Å². The van der Waals surface area contributed by atoms with Gasteiger partial charge in [-0.25, -0.2) is 13.7 Å². The number of rotatable bonds is 51. The molecule has 2 N–H and O–H groups in total. The normalized spacial score (nSPS) is 17.0. The van der Waals surface area contributed by atoms with Crippen LogP contribution in [-0.4, -0.2) is 117 Å². The van der Waals surface area contributed by atoms with E-state index < -0.39 is 27.3 Å². The maximum Gasteiger partial charge on any atom is 0.477 e. The quantitative estimate of drug-likeness (QED) is 0.0146. The second-order valence-electron chi connectivity index (χ2n) is 30.6. The lowest BCUT2D eigenvalue weighted by atomic mass is 9.79. The molecule has 0 saturated heterocycles. The van der Waals surface area contributed by atoms with Crippen LogP contribution in [0.2, 0.25) is 0 Å². The number of quaternary nitrogens is 2. The molecule has 0 saturated carbocycles. The molecule has 4 aromatic carbocycles. The molecule has 95 heavy (non-hydrogen) atoms. The molecule has 0 radical (unpaired) electrons. The largest absolute Gasteiger partial charge is 0.477 e. The fourth-order valence-corrected chi connectivity index (χ4v) is 15.7. The number of likely N-dealkylation sites (N-methyl/N-ethyl adjacent to an activating group) is 2. The molecule has 0 bridgehead atoms. The number of phosphoric ester groups is 2. The van der Waals surface area contributed by atoms with Crippen molar-refractivity contribution < 1.29 is 50.6 Å². The van der Waals surface area contributed by atoms with Gasteiger partial charge >= 0.3 is 15.6 Å². The molecule has 0 fully saturated rings. The molecule has 0 aliphatic carbocycles. The first-order chi connectivity index (χ1) is 45.5. The van der Waals surface area contributed by atoms with Gasteiger partial charge in [-0.3, -0.25) is 13.6 Å². The van der Waals surface area contributed by atoms with Gasteiger partial charge in [0, 0.05) is 47.5 Å². The summed E-state index contributed by atoms with van der Waals surface area (Å²) in [5.41, 5.74) is 6.63. The van der Waals surface area contributed by atoms with Crippen molar-refractivity contribution in [2.24, 2.45) is 0 Å². The first-order valence-corrected chi connectivity index (χ1v) is 40.5. The number of phosphoric acid groups is 2.